The van der Waals surface area contributed by atoms with Gasteiger partial charge in [0, 0.05) is 44.8 Å². The number of carbonyl (C=O) groups excluding carboxylic acids is 1. The average Bonchev–Trinajstić information content (AvgIpc) is 3.16. The Bertz CT molecular complexity index is 575. The van der Waals surface area contributed by atoms with Crippen LogP contribution in [-0.4, -0.2) is 69.2 Å². The van der Waals surface area contributed by atoms with Crippen molar-refractivity contribution in [3.63, 3.8) is 0 Å². The fourth-order valence-electron chi connectivity index (χ4n) is 3.50. The number of methoxy groups -OCH3 is 2. The Morgan fingerprint density at radius 3 is 2.46 bits per heavy atom. The summed E-state index contributed by atoms with van der Waals surface area (Å²) in [7, 11) is 3.37. The second kappa shape index (κ2) is 10.8. The molecule has 2 fully saturated rings. The van der Waals surface area contributed by atoms with Crippen LogP contribution >= 0.6 is 24.8 Å². The molecule has 2 saturated heterocycles. The van der Waals surface area contributed by atoms with Gasteiger partial charge in [0.15, 0.2) is 0 Å². The van der Waals surface area contributed by atoms with Gasteiger partial charge in [-0.1, -0.05) is 0 Å². The number of rotatable bonds is 5. The molecule has 148 valence electrons. The normalized spacial score (nSPS) is 20.1. The summed E-state index contributed by atoms with van der Waals surface area (Å²) in [6, 6.07) is 5.89. The quantitative estimate of drug-likeness (QED) is 0.809. The lowest BCUT2D eigenvalue weighted by Gasteiger charge is -2.36. The van der Waals surface area contributed by atoms with Crippen molar-refractivity contribution >= 4 is 30.7 Å². The zero-order chi connectivity index (χ0) is 16.9. The molecule has 3 rings (SSSR count). The van der Waals surface area contributed by atoms with E-state index in [2.05, 4.69) is 10.2 Å². The van der Waals surface area contributed by atoms with Crippen molar-refractivity contribution in [2.45, 2.75) is 13.0 Å². The Hall–Kier alpha value is -1.21. The monoisotopic (exact) mass is 405 g/mol. The van der Waals surface area contributed by atoms with Gasteiger partial charge in [-0.15, -0.1) is 24.8 Å². The van der Waals surface area contributed by atoms with Gasteiger partial charge in [0.05, 0.1) is 20.1 Å². The predicted molar refractivity (Wildman–Crippen MR) is 107 cm³/mol. The lowest BCUT2D eigenvalue weighted by atomic mass is 10.1. The van der Waals surface area contributed by atoms with Crippen LogP contribution in [0.4, 0.5) is 0 Å². The zero-order valence-electron chi connectivity index (χ0n) is 15.4. The molecule has 0 saturated carbocycles. The van der Waals surface area contributed by atoms with E-state index in [9.17, 15) is 4.79 Å². The molecule has 1 amide bonds. The molecule has 2 heterocycles. The average molecular weight is 406 g/mol. The minimum Gasteiger partial charge on any atom is -0.497 e. The molecule has 1 aromatic carbocycles. The number of carbonyl (C=O) groups is 1. The lowest BCUT2D eigenvalue weighted by Crippen LogP contribution is -2.50. The smallest absolute Gasteiger partial charge is 0.227 e. The van der Waals surface area contributed by atoms with E-state index >= 15 is 0 Å². The lowest BCUT2D eigenvalue weighted by molar-refractivity contribution is -0.136. The maximum atomic E-state index is 12.5. The van der Waals surface area contributed by atoms with E-state index in [1.807, 2.05) is 23.1 Å². The third kappa shape index (κ3) is 5.39. The molecule has 0 aliphatic carbocycles. The first kappa shape index (κ1) is 22.8. The van der Waals surface area contributed by atoms with E-state index in [0.717, 1.165) is 69.3 Å². The number of halogens is 2. The summed E-state index contributed by atoms with van der Waals surface area (Å²) in [6.45, 7) is 6.02. The molecule has 1 atom stereocenters. The van der Waals surface area contributed by atoms with Crippen LogP contribution in [0.1, 0.15) is 12.0 Å². The van der Waals surface area contributed by atoms with Crippen LogP contribution in [0.5, 0.6) is 11.5 Å². The summed E-state index contributed by atoms with van der Waals surface area (Å²) in [5, 5.41) is 3.27. The first-order chi connectivity index (χ1) is 11.7. The minimum absolute atomic E-state index is 0. The summed E-state index contributed by atoms with van der Waals surface area (Å²) >= 11 is 0. The van der Waals surface area contributed by atoms with Crippen molar-refractivity contribution in [2.75, 3.05) is 53.5 Å². The first-order valence-corrected chi connectivity index (χ1v) is 8.64. The highest BCUT2D eigenvalue weighted by molar-refractivity contribution is 5.85. The van der Waals surface area contributed by atoms with Crippen LogP contribution in [-0.2, 0) is 11.3 Å². The van der Waals surface area contributed by atoms with Crippen molar-refractivity contribution in [1.29, 1.82) is 0 Å². The van der Waals surface area contributed by atoms with Crippen molar-refractivity contribution < 1.29 is 14.3 Å². The fraction of sp³-hybridized carbons (Fsp3) is 0.611. The Morgan fingerprint density at radius 1 is 1.15 bits per heavy atom. The first-order valence-electron chi connectivity index (χ1n) is 8.64. The topological polar surface area (TPSA) is 54.0 Å². The highest BCUT2D eigenvalue weighted by atomic mass is 35.5. The number of amides is 1. The molecule has 0 radical (unpaired) electrons. The van der Waals surface area contributed by atoms with E-state index in [0.29, 0.717) is 5.91 Å². The molecule has 6 nitrogen and oxygen atoms in total. The Balaban J connectivity index is 0.00000169. The van der Waals surface area contributed by atoms with E-state index in [4.69, 9.17) is 9.47 Å². The fourth-order valence-corrected chi connectivity index (χ4v) is 3.50. The summed E-state index contributed by atoms with van der Waals surface area (Å²) in [5.41, 5.74) is 1.12. The number of hydrogen-bond donors (Lipinski definition) is 1. The van der Waals surface area contributed by atoms with Crippen molar-refractivity contribution in [3.05, 3.63) is 23.8 Å². The molecule has 26 heavy (non-hydrogen) atoms. The van der Waals surface area contributed by atoms with Crippen molar-refractivity contribution in [3.8, 4) is 11.5 Å². The molecule has 2 aliphatic heterocycles. The van der Waals surface area contributed by atoms with Crippen LogP contribution < -0.4 is 14.8 Å². The molecule has 0 aromatic heterocycles. The third-order valence-corrected chi connectivity index (χ3v) is 4.98. The van der Waals surface area contributed by atoms with E-state index in [1.54, 1.807) is 14.2 Å². The van der Waals surface area contributed by atoms with Gasteiger partial charge in [0.1, 0.15) is 11.5 Å². The minimum atomic E-state index is 0. The van der Waals surface area contributed by atoms with Crippen LogP contribution in [0.15, 0.2) is 18.2 Å². The van der Waals surface area contributed by atoms with Crippen LogP contribution in [0.2, 0.25) is 0 Å². The maximum Gasteiger partial charge on any atom is 0.227 e. The third-order valence-electron chi connectivity index (χ3n) is 4.98. The molecule has 1 aromatic rings. The molecule has 2 aliphatic rings. The summed E-state index contributed by atoms with van der Waals surface area (Å²) < 4.78 is 10.8. The van der Waals surface area contributed by atoms with Crippen molar-refractivity contribution in [2.24, 2.45) is 5.92 Å². The summed E-state index contributed by atoms with van der Waals surface area (Å²) in [5.74, 6) is 2.22. The van der Waals surface area contributed by atoms with Gasteiger partial charge < -0.3 is 19.7 Å². The molecular formula is C18H29Cl2N3O3. The Kier molecular flexibility index (Phi) is 9.50. The van der Waals surface area contributed by atoms with Gasteiger partial charge in [-0.05, 0) is 31.2 Å². The second-order valence-corrected chi connectivity index (χ2v) is 6.47. The van der Waals surface area contributed by atoms with Gasteiger partial charge in [-0.25, -0.2) is 0 Å². The Morgan fingerprint density at radius 2 is 1.88 bits per heavy atom. The van der Waals surface area contributed by atoms with E-state index in [1.165, 1.54) is 0 Å². The number of nitrogens with zero attached hydrogens (tertiary/aromatic N) is 2. The van der Waals surface area contributed by atoms with Gasteiger partial charge in [0.25, 0.3) is 0 Å². The SMILES string of the molecule is COc1ccc(OC)c(CN2CCN(C(=O)C3CCNC3)CC2)c1.Cl.Cl. The van der Waals surface area contributed by atoms with Crippen molar-refractivity contribution in [1.82, 2.24) is 15.1 Å². The highest BCUT2D eigenvalue weighted by Gasteiger charge is 2.29. The number of ether oxygens (including phenoxy) is 2. The van der Waals surface area contributed by atoms with Gasteiger partial charge >= 0.3 is 0 Å². The zero-order valence-corrected chi connectivity index (χ0v) is 17.0. The number of nitrogens with one attached hydrogen (secondary N) is 1. The number of benzene rings is 1. The molecule has 8 heteroatoms. The highest BCUT2D eigenvalue weighted by Crippen LogP contribution is 2.25. The van der Waals surface area contributed by atoms with Crippen LogP contribution in [0.3, 0.4) is 0 Å². The van der Waals surface area contributed by atoms with E-state index < -0.39 is 0 Å². The summed E-state index contributed by atoms with van der Waals surface area (Å²) in [6.07, 6.45) is 0.972. The molecule has 1 N–H and O–H groups in total. The van der Waals surface area contributed by atoms with Gasteiger partial charge in [-0.2, -0.15) is 0 Å². The second-order valence-electron chi connectivity index (χ2n) is 6.47. The molecule has 0 bridgehead atoms. The van der Waals surface area contributed by atoms with Crippen LogP contribution in [0, 0.1) is 5.92 Å². The maximum absolute atomic E-state index is 12.5. The van der Waals surface area contributed by atoms with Gasteiger partial charge in [-0.3, -0.25) is 9.69 Å². The predicted octanol–water partition coefficient (Wildman–Crippen LogP) is 1.80. The van der Waals surface area contributed by atoms with Gasteiger partial charge in [0.2, 0.25) is 5.91 Å². The summed E-state index contributed by atoms with van der Waals surface area (Å²) in [4.78, 5) is 16.9. The van der Waals surface area contributed by atoms with Crippen LogP contribution in [0.25, 0.3) is 0 Å². The molecule has 1 unspecified atom stereocenters. The van der Waals surface area contributed by atoms with E-state index in [-0.39, 0.29) is 30.7 Å². The Labute approximate surface area is 168 Å². The number of hydrogen-bond acceptors (Lipinski definition) is 5. The molecule has 0 spiro atoms. The standard InChI is InChI=1S/C18H27N3O3.2ClH/c1-23-16-3-4-17(24-2)15(11-16)13-20-7-9-21(10-8-20)18(22)14-5-6-19-12-14;;/h3-4,11,14,19H,5-10,12-13H2,1-2H3;2*1H. The largest absolute Gasteiger partial charge is 0.497 e. The number of piperazine rings is 1. The molecular weight excluding hydrogens is 377 g/mol.